The third-order valence-electron chi connectivity index (χ3n) is 5.59. The van der Waals surface area contributed by atoms with Crippen molar-refractivity contribution in [2.45, 2.75) is 53.6 Å². The maximum atomic E-state index is 14.2. The van der Waals surface area contributed by atoms with Crippen molar-refractivity contribution in [2.24, 2.45) is 0 Å². The first kappa shape index (κ1) is 36.0. The summed E-state index contributed by atoms with van der Waals surface area (Å²) < 4.78 is 253. The van der Waals surface area contributed by atoms with Crippen molar-refractivity contribution in [1.29, 1.82) is 0 Å². The van der Waals surface area contributed by atoms with Gasteiger partial charge in [0.1, 0.15) is 0 Å². The van der Waals surface area contributed by atoms with Gasteiger partial charge in [0.05, 0.1) is 0 Å². The zero-order valence-corrected chi connectivity index (χ0v) is 21.6. The molecule has 0 radical (unpaired) electrons. The van der Waals surface area contributed by atoms with Crippen LogP contribution >= 0.6 is 0 Å². The van der Waals surface area contributed by atoms with Crippen LogP contribution in [0.1, 0.15) is 0 Å². The van der Waals surface area contributed by atoms with Crippen LogP contribution in [-0.4, -0.2) is 58.0 Å². The van der Waals surface area contributed by atoms with Crippen LogP contribution in [-0.2, 0) is 0 Å². The van der Waals surface area contributed by atoms with Crippen molar-refractivity contribution in [3.63, 3.8) is 0 Å². The zero-order valence-electron chi connectivity index (χ0n) is 19.5. The third-order valence-corrected chi connectivity index (χ3v) is 8.53. The fraction of sp³-hybridized carbons (Fsp3) is 0.455. The average molecular weight is 763 g/mol. The van der Waals surface area contributed by atoms with E-state index < -0.39 is 79.2 Å². The molecule has 238 valence electrons. The number of rotatable bonds is 10. The van der Waals surface area contributed by atoms with Crippen LogP contribution in [0.2, 0.25) is 0 Å². The van der Waals surface area contributed by atoms with Crippen molar-refractivity contribution >= 4 is 0 Å². The fourth-order valence-electron chi connectivity index (χ4n) is 3.16. The second-order valence-corrected chi connectivity index (χ2v) is 11.1. The summed E-state index contributed by atoms with van der Waals surface area (Å²) in [4.78, 5) is 0. The second kappa shape index (κ2) is 10.8. The molecule has 0 fully saturated rings. The third kappa shape index (κ3) is 5.36. The molecule has 0 spiro atoms. The molecule has 0 aliphatic rings. The van der Waals surface area contributed by atoms with Gasteiger partial charge in [-0.25, -0.2) is 4.39 Å². The summed E-state index contributed by atoms with van der Waals surface area (Å²) in [6.45, 7) is 0. The molecule has 0 saturated carbocycles. The van der Waals surface area contributed by atoms with E-state index in [9.17, 15) is 83.4 Å². The Morgan fingerprint density at radius 3 is 1.17 bits per heavy atom. The summed E-state index contributed by atoms with van der Waals surface area (Å²) in [6.07, 6.45) is -16.6. The molecule has 0 atom stereocenters. The van der Waals surface area contributed by atoms with E-state index in [-0.39, 0.29) is 3.57 Å². The Bertz CT molecular complexity index is 1200. The van der Waals surface area contributed by atoms with Gasteiger partial charge >= 0.3 is 74.8 Å². The maximum Gasteiger partial charge on any atom is 0.438 e. The first-order chi connectivity index (χ1) is 18.5. The predicted molar refractivity (Wildman–Crippen MR) is 101 cm³/mol. The first-order valence-corrected chi connectivity index (χ1v) is 13.0. The van der Waals surface area contributed by atoms with Crippen molar-refractivity contribution in [2.75, 3.05) is 4.43 Å². The minimum atomic E-state index is -9.00. The molecular formula is C22H11F19I+. The van der Waals surface area contributed by atoms with E-state index in [2.05, 4.69) is 0 Å². The Balaban J connectivity index is 2.45. The molecule has 0 saturated heterocycles. The topological polar surface area (TPSA) is 0 Å². The molecule has 0 heterocycles. The van der Waals surface area contributed by atoms with Gasteiger partial charge in [0.15, 0.2) is 3.57 Å². The van der Waals surface area contributed by atoms with Crippen LogP contribution in [0.15, 0.2) is 54.6 Å². The van der Waals surface area contributed by atoms with Gasteiger partial charge in [-0.1, -0.05) is 30.3 Å². The normalized spacial score (nSPS) is 15.2. The highest BCUT2D eigenvalue weighted by molar-refractivity contribution is 5.62. The largest absolute Gasteiger partial charge is 0.438 e. The lowest BCUT2D eigenvalue weighted by atomic mass is 9.84. The SMILES string of the molecule is FC(F)(F)C(F)(C(F)(F)F)C(F)(F)C(F)(F)C(F)(F)C(F)(F)C(F)(F)C(F)(F)C[I+]c1ccc(-c2ccccc2)cc1. The van der Waals surface area contributed by atoms with E-state index in [0.29, 0.717) is 11.1 Å². The van der Waals surface area contributed by atoms with Gasteiger partial charge in [0, 0.05) is 0 Å². The van der Waals surface area contributed by atoms with Crippen molar-refractivity contribution in [1.82, 2.24) is 0 Å². The molecule has 2 aromatic carbocycles. The van der Waals surface area contributed by atoms with E-state index >= 15 is 0 Å². The van der Waals surface area contributed by atoms with Gasteiger partial charge in [0.25, 0.3) is 0 Å². The van der Waals surface area contributed by atoms with Crippen molar-refractivity contribution < 1.29 is 105 Å². The van der Waals surface area contributed by atoms with Gasteiger partial charge in [-0.05, 0) is 35.4 Å². The number of alkyl halides is 20. The zero-order chi connectivity index (χ0) is 33.0. The highest BCUT2D eigenvalue weighted by Crippen LogP contribution is 2.66. The van der Waals surface area contributed by atoms with E-state index in [1.807, 2.05) is 0 Å². The van der Waals surface area contributed by atoms with Gasteiger partial charge < -0.3 is 0 Å². The maximum absolute atomic E-state index is 14.2. The lowest BCUT2D eigenvalue weighted by Crippen LogP contribution is -3.63. The molecule has 0 aliphatic carbocycles. The Morgan fingerprint density at radius 1 is 0.405 bits per heavy atom. The molecule has 0 amide bonds. The molecule has 0 aromatic heterocycles. The molecule has 20 heteroatoms. The molecule has 2 rings (SSSR count). The number of halogens is 20. The van der Waals surface area contributed by atoms with Crippen LogP contribution in [0.5, 0.6) is 0 Å². The van der Waals surface area contributed by atoms with Crippen LogP contribution in [0.4, 0.5) is 83.4 Å². The predicted octanol–water partition coefficient (Wildman–Crippen LogP) is 6.26. The van der Waals surface area contributed by atoms with E-state index in [1.165, 1.54) is 12.1 Å². The van der Waals surface area contributed by atoms with Crippen LogP contribution < -0.4 is 21.2 Å². The highest BCUT2D eigenvalue weighted by atomic mass is 127. The molecule has 0 N–H and O–H groups in total. The number of hydrogen-bond donors (Lipinski definition) is 0. The van der Waals surface area contributed by atoms with Gasteiger partial charge in [-0.2, -0.15) is 79.0 Å². The quantitative estimate of drug-likeness (QED) is 0.153. The summed E-state index contributed by atoms with van der Waals surface area (Å²) in [5.41, 5.74) is -7.77. The van der Waals surface area contributed by atoms with Crippen LogP contribution in [0.3, 0.4) is 0 Å². The Kier molecular flexibility index (Phi) is 9.24. The average Bonchev–Trinajstić information content (AvgIpc) is 2.85. The molecule has 0 nitrogen and oxygen atoms in total. The Labute approximate surface area is 232 Å². The molecule has 0 aliphatic heterocycles. The summed E-state index contributed by atoms with van der Waals surface area (Å²) in [6, 6.07) is 12.3. The summed E-state index contributed by atoms with van der Waals surface area (Å²) >= 11 is -2.60. The van der Waals surface area contributed by atoms with Crippen LogP contribution in [0.25, 0.3) is 11.1 Å². The van der Waals surface area contributed by atoms with Crippen molar-refractivity contribution in [3.8, 4) is 11.1 Å². The van der Waals surface area contributed by atoms with E-state index in [0.717, 1.165) is 12.1 Å². The summed E-state index contributed by atoms with van der Waals surface area (Å²) in [7, 11) is 0. The summed E-state index contributed by atoms with van der Waals surface area (Å²) in [5, 5.41) is 0. The smallest absolute Gasteiger partial charge is 0.216 e. The molecular weight excluding hydrogens is 752 g/mol. The lowest BCUT2D eigenvalue weighted by Gasteiger charge is -2.44. The van der Waals surface area contributed by atoms with Crippen molar-refractivity contribution in [3.05, 3.63) is 58.2 Å². The van der Waals surface area contributed by atoms with E-state index in [4.69, 9.17) is 0 Å². The minimum Gasteiger partial charge on any atom is -0.216 e. The minimum absolute atomic E-state index is 0.270. The molecule has 2 aromatic rings. The first-order valence-electron chi connectivity index (χ1n) is 10.4. The highest BCUT2D eigenvalue weighted by Gasteiger charge is 2.98. The Morgan fingerprint density at radius 2 is 0.762 bits per heavy atom. The standard InChI is InChI=1S/C22H11F19I/c23-14(24,10-42-13-8-6-12(7-9-13)11-4-2-1-3-5-11)16(26,27)18(30,31)20(34,35)19(32,33)17(28,29)15(25,21(36,37)38)22(39,40)41/h1-9H,10H2/q+1. The van der Waals surface area contributed by atoms with Gasteiger partial charge in [-0.3, -0.25) is 0 Å². The lowest BCUT2D eigenvalue weighted by molar-refractivity contribution is -0.651. The second-order valence-electron chi connectivity index (χ2n) is 8.37. The summed E-state index contributed by atoms with van der Waals surface area (Å²) in [5.74, 6) is -49.6. The Hall–Kier alpha value is -2.16. The monoisotopic (exact) mass is 763 g/mol. The molecule has 42 heavy (non-hydrogen) atoms. The van der Waals surface area contributed by atoms with Gasteiger partial charge in [0.2, 0.25) is 4.43 Å². The molecule has 0 unspecified atom stereocenters. The molecule has 0 bridgehead atoms. The number of hydrogen-bond acceptors (Lipinski definition) is 0. The van der Waals surface area contributed by atoms with Crippen LogP contribution in [0, 0.1) is 3.57 Å². The number of benzene rings is 2. The van der Waals surface area contributed by atoms with E-state index in [1.54, 1.807) is 30.3 Å². The van der Waals surface area contributed by atoms with Gasteiger partial charge in [-0.15, -0.1) is 0 Å². The fourth-order valence-corrected chi connectivity index (χ4v) is 5.43.